The molecule has 1 aromatic heterocycles. The maximum atomic E-state index is 13.6. The summed E-state index contributed by atoms with van der Waals surface area (Å²) in [4.78, 5) is 16.0. The van der Waals surface area contributed by atoms with Gasteiger partial charge in [-0.3, -0.25) is 4.79 Å². The minimum absolute atomic E-state index is 0.0497. The summed E-state index contributed by atoms with van der Waals surface area (Å²) in [5.74, 6) is -1.40. The summed E-state index contributed by atoms with van der Waals surface area (Å²) in [5, 5.41) is 21.5. The fraction of sp³-hybridized carbons (Fsp3) is 0.176. The lowest BCUT2D eigenvalue weighted by molar-refractivity contribution is -0.266. The van der Waals surface area contributed by atoms with E-state index in [9.17, 15) is 28.2 Å². The number of phenolic OH excluding ortho intramolecular Hbond substituents is 1. The third-order valence-corrected chi connectivity index (χ3v) is 4.90. The lowest BCUT2D eigenvalue weighted by atomic mass is 9.99. The van der Waals surface area contributed by atoms with Crippen molar-refractivity contribution in [3.63, 3.8) is 0 Å². The molecule has 0 aliphatic carbocycles. The molecule has 2 aromatic carbocycles. The van der Waals surface area contributed by atoms with E-state index < -0.39 is 29.1 Å². The van der Waals surface area contributed by atoms with Gasteiger partial charge in [-0.25, -0.2) is 4.98 Å². The van der Waals surface area contributed by atoms with Crippen LogP contribution in [0.4, 0.5) is 18.9 Å². The van der Waals surface area contributed by atoms with Crippen LogP contribution < -0.4 is 5.32 Å². The quantitative estimate of drug-likeness (QED) is 0.600. The first kappa shape index (κ1) is 18.2. The highest BCUT2D eigenvalue weighted by atomic mass is 32.1. The van der Waals surface area contributed by atoms with E-state index in [4.69, 9.17) is 0 Å². The Kier molecular flexibility index (Phi) is 4.59. The van der Waals surface area contributed by atoms with Crippen molar-refractivity contribution in [2.75, 3.05) is 5.32 Å². The van der Waals surface area contributed by atoms with Crippen molar-refractivity contribution in [2.24, 2.45) is 0 Å². The van der Waals surface area contributed by atoms with Crippen LogP contribution in [0, 0.1) is 0 Å². The molecule has 1 amide bonds. The monoisotopic (exact) mass is 382 g/mol. The minimum Gasteiger partial charge on any atom is -0.506 e. The molecule has 0 bridgehead atoms. The molecule has 0 spiro atoms. The number of carbonyl (C=O) groups excluding carboxylic acids is 1. The van der Waals surface area contributed by atoms with Crippen molar-refractivity contribution in [1.29, 1.82) is 0 Å². The predicted molar refractivity (Wildman–Crippen MR) is 90.9 cm³/mol. The summed E-state index contributed by atoms with van der Waals surface area (Å²) in [6.07, 6.45) is -6.40. The molecule has 9 heteroatoms. The molecule has 0 saturated carbocycles. The molecule has 0 saturated heterocycles. The standard InChI is InChI=1S/C17H13F3N2O3S/c18-17(19,20)16(25,15-22-11-6-2-4-8-13(11)26-15)9-14(24)21-10-5-1-3-7-12(10)23/h1-8,23,25H,9H2,(H,21,24)/t16-/m1/s1. The number of amides is 1. The van der Waals surface area contributed by atoms with E-state index in [0.29, 0.717) is 21.6 Å². The number of carbonyl (C=O) groups is 1. The fourth-order valence-corrected chi connectivity index (χ4v) is 3.43. The van der Waals surface area contributed by atoms with Crippen molar-refractivity contribution >= 4 is 33.1 Å². The lowest BCUT2D eigenvalue weighted by Gasteiger charge is -2.27. The average Bonchev–Trinajstić information content (AvgIpc) is 3.00. The molecule has 0 aliphatic rings. The number of rotatable bonds is 4. The molecule has 1 heterocycles. The molecule has 0 radical (unpaired) electrons. The Labute approximate surface area is 149 Å². The van der Waals surface area contributed by atoms with Crippen LogP contribution in [0.25, 0.3) is 10.2 Å². The summed E-state index contributed by atoms with van der Waals surface area (Å²) in [6, 6.07) is 12.0. The van der Waals surface area contributed by atoms with Gasteiger partial charge in [0.1, 0.15) is 10.8 Å². The van der Waals surface area contributed by atoms with Gasteiger partial charge in [0.05, 0.1) is 22.3 Å². The Hall–Kier alpha value is -2.65. The summed E-state index contributed by atoms with van der Waals surface area (Å²) >= 11 is 0.672. The van der Waals surface area contributed by atoms with Gasteiger partial charge in [0.2, 0.25) is 11.5 Å². The molecule has 136 valence electrons. The normalized spacial score (nSPS) is 14.2. The molecule has 0 unspecified atom stereocenters. The number of anilines is 1. The zero-order chi connectivity index (χ0) is 18.9. The number of alkyl halides is 3. The van der Waals surface area contributed by atoms with Gasteiger partial charge in [-0.15, -0.1) is 11.3 Å². The number of nitrogens with zero attached hydrogens (tertiary/aromatic N) is 1. The number of aliphatic hydroxyl groups is 1. The van der Waals surface area contributed by atoms with Gasteiger partial charge >= 0.3 is 6.18 Å². The Bertz CT molecular complexity index is 925. The van der Waals surface area contributed by atoms with Crippen LogP contribution in [0.15, 0.2) is 48.5 Å². The fourth-order valence-electron chi connectivity index (χ4n) is 2.35. The first-order valence-corrected chi connectivity index (χ1v) is 8.25. The lowest BCUT2D eigenvalue weighted by Crippen LogP contribution is -2.45. The number of benzene rings is 2. The molecule has 1 atom stereocenters. The van der Waals surface area contributed by atoms with Gasteiger partial charge in [-0.2, -0.15) is 13.2 Å². The van der Waals surface area contributed by atoms with Gasteiger partial charge < -0.3 is 15.5 Å². The van der Waals surface area contributed by atoms with Crippen LogP contribution in [0.5, 0.6) is 5.75 Å². The molecule has 0 aliphatic heterocycles. The maximum absolute atomic E-state index is 13.6. The van der Waals surface area contributed by atoms with Gasteiger partial charge in [-0.1, -0.05) is 24.3 Å². The van der Waals surface area contributed by atoms with Crippen molar-refractivity contribution in [3.8, 4) is 5.75 Å². The number of hydrogen-bond acceptors (Lipinski definition) is 5. The Balaban J connectivity index is 1.93. The largest absolute Gasteiger partial charge is 0.506 e. The Morgan fingerprint density at radius 3 is 2.42 bits per heavy atom. The van der Waals surface area contributed by atoms with Gasteiger partial charge in [0.15, 0.2) is 0 Å². The minimum atomic E-state index is -5.11. The van der Waals surface area contributed by atoms with Crippen molar-refractivity contribution in [2.45, 2.75) is 18.2 Å². The number of thiazole rings is 1. The second kappa shape index (κ2) is 6.58. The maximum Gasteiger partial charge on any atom is 0.424 e. The van der Waals surface area contributed by atoms with E-state index in [1.807, 2.05) is 0 Å². The van der Waals surface area contributed by atoms with Crippen LogP contribution in [-0.4, -0.2) is 27.3 Å². The van der Waals surface area contributed by atoms with Gasteiger partial charge in [0.25, 0.3) is 0 Å². The molecular formula is C17H13F3N2O3S. The van der Waals surface area contributed by atoms with E-state index in [1.54, 1.807) is 18.2 Å². The van der Waals surface area contributed by atoms with Gasteiger partial charge in [-0.05, 0) is 24.3 Å². The topological polar surface area (TPSA) is 82.5 Å². The highest BCUT2D eigenvalue weighted by Crippen LogP contribution is 2.44. The third kappa shape index (κ3) is 3.35. The summed E-state index contributed by atoms with van der Waals surface area (Å²) in [6.45, 7) is 0. The van der Waals surface area contributed by atoms with Crippen LogP contribution in [0.1, 0.15) is 11.4 Å². The summed E-state index contributed by atoms with van der Waals surface area (Å²) < 4.78 is 41.2. The average molecular weight is 382 g/mol. The zero-order valence-electron chi connectivity index (χ0n) is 13.1. The van der Waals surface area contributed by atoms with Crippen LogP contribution in [-0.2, 0) is 10.4 Å². The number of hydrogen-bond donors (Lipinski definition) is 3. The molecule has 5 nitrogen and oxygen atoms in total. The molecule has 3 aromatic rings. The number of halogens is 3. The summed E-state index contributed by atoms with van der Waals surface area (Å²) in [5.41, 5.74) is -3.19. The third-order valence-electron chi connectivity index (χ3n) is 3.71. The molecule has 26 heavy (non-hydrogen) atoms. The molecule has 0 fully saturated rings. The SMILES string of the molecule is O=C(C[C@@](O)(c1nc2ccccc2s1)C(F)(F)F)Nc1ccccc1O. The number of nitrogens with one attached hydrogen (secondary N) is 1. The first-order chi connectivity index (χ1) is 12.2. The molecule has 3 N–H and O–H groups in total. The second-order valence-corrected chi connectivity index (χ2v) is 6.62. The van der Waals surface area contributed by atoms with E-state index in [1.165, 1.54) is 30.3 Å². The number of phenols is 1. The van der Waals surface area contributed by atoms with Gasteiger partial charge in [0, 0.05) is 0 Å². The number of aromatic nitrogens is 1. The predicted octanol–water partition coefficient (Wildman–Crippen LogP) is 3.78. The number of fused-ring (bicyclic) bond motifs is 1. The van der Waals surface area contributed by atoms with Crippen LogP contribution >= 0.6 is 11.3 Å². The Morgan fingerprint density at radius 2 is 1.77 bits per heavy atom. The molecule has 3 rings (SSSR count). The van der Waals surface area contributed by atoms with Crippen LogP contribution in [0.3, 0.4) is 0 Å². The van der Waals surface area contributed by atoms with E-state index in [0.717, 1.165) is 0 Å². The summed E-state index contributed by atoms with van der Waals surface area (Å²) in [7, 11) is 0. The molecular weight excluding hydrogens is 369 g/mol. The Morgan fingerprint density at radius 1 is 1.12 bits per heavy atom. The number of para-hydroxylation sites is 3. The smallest absolute Gasteiger partial charge is 0.424 e. The van der Waals surface area contributed by atoms with Crippen molar-refractivity contribution in [1.82, 2.24) is 4.98 Å². The van der Waals surface area contributed by atoms with E-state index >= 15 is 0 Å². The van der Waals surface area contributed by atoms with Crippen LogP contribution in [0.2, 0.25) is 0 Å². The van der Waals surface area contributed by atoms with Crippen molar-refractivity contribution < 1.29 is 28.2 Å². The zero-order valence-corrected chi connectivity index (χ0v) is 13.9. The van der Waals surface area contributed by atoms with E-state index in [2.05, 4.69) is 10.3 Å². The van der Waals surface area contributed by atoms with E-state index in [-0.39, 0.29) is 11.4 Å². The number of aromatic hydroxyl groups is 1. The second-order valence-electron chi connectivity index (χ2n) is 5.59. The first-order valence-electron chi connectivity index (χ1n) is 7.44. The highest BCUT2D eigenvalue weighted by Gasteiger charge is 2.58. The van der Waals surface area contributed by atoms with Crippen molar-refractivity contribution in [3.05, 3.63) is 53.5 Å². The highest BCUT2D eigenvalue weighted by molar-refractivity contribution is 7.18.